The molecule has 0 saturated heterocycles. The maximum Gasteiger partial charge on any atom is 0.407 e. The minimum absolute atomic E-state index is 0.155. The Morgan fingerprint density at radius 1 is 1.55 bits per heavy atom. The summed E-state index contributed by atoms with van der Waals surface area (Å²) in [4.78, 5) is 15.1. The predicted octanol–water partition coefficient (Wildman–Crippen LogP) is 3.17. The number of carbonyl (C=O) groups is 1. The van der Waals surface area contributed by atoms with Crippen LogP contribution in [0.5, 0.6) is 5.75 Å². The zero-order chi connectivity index (χ0) is 15.3. The normalized spacial score (nSPS) is 12.7. The number of nitrogens with one attached hydrogen (secondary N) is 1. The van der Waals surface area contributed by atoms with Crippen LogP contribution in [0.2, 0.25) is 5.15 Å². The standard InChI is InChI=1S/C13H18ClFN2O3/c1-8(17-12(18)20-13(2,3)4)7-19-9-5-10(15)11(14)16-6-9/h5-6,8H,7H2,1-4H3,(H,17,18)/t8-/m0/s1. The van der Waals surface area contributed by atoms with E-state index in [2.05, 4.69) is 10.3 Å². The Morgan fingerprint density at radius 3 is 2.75 bits per heavy atom. The maximum atomic E-state index is 13.1. The number of carbonyl (C=O) groups excluding carboxylic acids is 1. The Balaban J connectivity index is 2.41. The lowest BCUT2D eigenvalue weighted by Crippen LogP contribution is -2.40. The highest BCUT2D eigenvalue weighted by Crippen LogP contribution is 2.17. The van der Waals surface area contributed by atoms with Crippen molar-refractivity contribution < 1.29 is 18.7 Å². The summed E-state index contributed by atoms with van der Waals surface area (Å²) in [7, 11) is 0. The van der Waals surface area contributed by atoms with Crippen molar-refractivity contribution in [2.24, 2.45) is 0 Å². The molecule has 1 N–H and O–H groups in total. The largest absolute Gasteiger partial charge is 0.490 e. The van der Waals surface area contributed by atoms with Gasteiger partial charge in [-0.3, -0.25) is 0 Å². The first-order chi connectivity index (χ1) is 9.17. The molecule has 0 saturated carbocycles. The number of halogens is 2. The summed E-state index contributed by atoms with van der Waals surface area (Å²) < 4.78 is 23.5. The van der Waals surface area contributed by atoms with Crippen LogP contribution in [-0.2, 0) is 4.74 Å². The molecule has 0 bridgehead atoms. The molecule has 0 aliphatic rings. The Bertz CT molecular complexity index is 477. The molecule has 0 radical (unpaired) electrons. The smallest absolute Gasteiger partial charge is 0.407 e. The van der Waals surface area contributed by atoms with E-state index >= 15 is 0 Å². The second-order valence-corrected chi connectivity index (χ2v) is 5.66. The molecule has 7 heteroatoms. The van der Waals surface area contributed by atoms with Gasteiger partial charge in [0.2, 0.25) is 0 Å². The van der Waals surface area contributed by atoms with E-state index < -0.39 is 17.5 Å². The minimum Gasteiger partial charge on any atom is -0.490 e. The van der Waals surface area contributed by atoms with Gasteiger partial charge in [0.05, 0.1) is 12.2 Å². The Labute approximate surface area is 122 Å². The summed E-state index contributed by atoms with van der Waals surface area (Å²) >= 11 is 5.46. The lowest BCUT2D eigenvalue weighted by atomic mass is 10.2. The molecule has 0 aromatic carbocycles. The van der Waals surface area contributed by atoms with E-state index in [4.69, 9.17) is 21.1 Å². The van der Waals surface area contributed by atoms with Gasteiger partial charge in [0.15, 0.2) is 11.0 Å². The number of pyridine rings is 1. The average molecular weight is 305 g/mol. The molecule has 112 valence electrons. The van der Waals surface area contributed by atoms with Gasteiger partial charge in [-0.15, -0.1) is 0 Å². The summed E-state index contributed by atoms with van der Waals surface area (Å²) in [5.41, 5.74) is -0.562. The predicted molar refractivity (Wildman–Crippen MR) is 73.5 cm³/mol. The van der Waals surface area contributed by atoms with Crippen LogP contribution in [0.15, 0.2) is 12.3 Å². The minimum atomic E-state index is -0.656. The first-order valence-electron chi connectivity index (χ1n) is 6.11. The Hall–Kier alpha value is -1.56. The van der Waals surface area contributed by atoms with E-state index in [1.807, 2.05) is 0 Å². The number of hydrogen-bond donors (Lipinski definition) is 1. The van der Waals surface area contributed by atoms with Crippen LogP contribution in [0.1, 0.15) is 27.7 Å². The molecule has 1 heterocycles. The van der Waals surface area contributed by atoms with Gasteiger partial charge in [-0.2, -0.15) is 0 Å². The molecule has 1 rings (SSSR count). The van der Waals surface area contributed by atoms with Crippen molar-refractivity contribution in [1.29, 1.82) is 0 Å². The zero-order valence-corrected chi connectivity index (χ0v) is 12.6. The second-order valence-electron chi connectivity index (χ2n) is 5.30. The van der Waals surface area contributed by atoms with Crippen molar-refractivity contribution in [2.45, 2.75) is 39.3 Å². The average Bonchev–Trinajstić information content (AvgIpc) is 2.28. The van der Waals surface area contributed by atoms with Crippen molar-refractivity contribution in [1.82, 2.24) is 10.3 Å². The summed E-state index contributed by atoms with van der Waals surface area (Å²) in [5, 5.41) is 2.40. The number of ether oxygens (including phenoxy) is 2. The van der Waals surface area contributed by atoms with Gasteiger partial charge in [-0.05, 0) is 27.7 Å². The van der Waals surface area contributed by atoms with Crippen LogP contribution in [0.25, 0.3) is 0 Å². The lowest BCUT2D eigenvalue weighted by Gasteiger charge is -2.22. The fraction of sp³-hybridized carbons (Fsp3) is 0.538. The van der Waals surface area contributed by atoms with Gasteiger partial charge in [0.25, 0.3) is 0 Å². The molecule has 1 aromatic rings. The quantitative estimate of drug-likeness (QED) is 0.868. The van der Waals surface area contributed by atoms with Crippen LogP contribution in [0, 0.1) is 5.82 Å². The summed E-state index contributed by atoms with van der Waals surface area (Å²) in [6, 6.07) is 0.832. The summed E-state index contributed by atoms with van der Waals surface area (Å²) in [6.45, 7) is 7.22. The summed E-state index contributed by atoms with van der Waals surface area (Å²) in [5.74, 6) is -0.415. The highest BCUT2D eigenvalue weighted by Gasteiger charge is 2.17. The number of nitrogens with zero attached hydrogens (tertiary/aromatic N) is 1. The molecule has 5 nitrogen and oxygen atoms in total. The molecule has 0 spiro atoms. The third kappa shape index (κ3) is 6.06. The van der Waals surface area contributed by atoms with Gasteiger partial charge in [-0.1, -0.05) is 11.6 Å². The van der Waals surface area contributed by atoms with E-state index in [0.717, 1.165) is 6.07 Å². The van der Waals surface area contributed by atoms with Crippen molar-refractivity contribution in [3.05, 3.63) is 23.2 Å². The van der Waals surface area contributed by atoms with Crippen molar-refractivity contribution >= 4 is 17.7 Å². The first kappa shape index (κ1) is 16.5. The van der Waals surface area contributed by atoms with E-state index in [1.165, 1.54) is 6.20 Å². The second kappa shape index (κ2) is 6.74. The van der Waals surface area contributed by atoms with Crippen LogP contribution in [-0.4, -0.2) is 29.3 Å². The van der Waals surface area contributed by atoms with E-state index in [1.54, 1.807) is 27.7 Å². The molecular formula is C13H18ClFN2O3. The molecule has 20 heavy (non-hydrogen) atoms. The van der Waals surface area contributed by atoms with Crippen molar-refractivity contribution in [3.8, 4) is 5.75 Å². The van der Waals surface area contributed by atoms with Gasteiger partial charge in [-0.25, -0.2) is 14.2 Å². The molecule has 1 aromatic heterocycles. The third-order valence-electron chi connectivity index (χ3n) is 2.03. The van der Waals surface area contributed by atoms with Crippen molar-refractivity contribution in [3.63, 3.8) is 0 Å². The molecule has 1 atom stereocenters. The number of hydrogen-bond acceptors (Lipinski definition) is 4. The fourth-order valence-electron chi connectivity index (χ4n) is 1.25. The number of rotatable bonds is 4. The third-order valence-corrected chi connectivity index (χ3v) is 2.31. The van der Waals surface area contributed by atoms with Gasteiger partial charge < -0.3 is 14.8 Å². The van der Waals surface area contributed by atoms with Crippen molar-refractivity contribution in [2.75, 3.05) is 6.61 Å². The van der Waals surface area contributed by atoms with E-state index in [0.29, 0.717) is 0 Å². The highest BCUT2D eigenvalue weighted by molar-refractivity contribution is 6.29. The molecule has 0 unspecified atom stereocenters. The van der Waals surface area contributed by atoms with Crippen LogP contribution >= 0.6 is 11.6 Å². The zero-order valence-electron chi connectivity index (χ0n) is 11.9. The van der Waals surface area contributed by atoms with Gasteiger partial charge >= 0.3 is 6.09 Å². The number of aromatic nitrogens is 1. The Kier molecular flexibility index (Phi) is 5.56. The number of alkyl carbamates (subject to hydrolysis) is 1. The topological polar surface area (TPSA) is 60.5 Å². The Morgan fingerprint density at radius 2 is 2.20 bits per heavy atom. The monoisotopic (exact) mass is 304 g/mol. The molecule has 0 aliphatic carbocycles. The summed E-state index contributed by atoms with van der Waals surface area (Å²) in [6.07, 6.45) is 0.778. The fourth-order valence-corrected chi connectivity index (χ4v) is 1.36. The highest BCUT2D eigenvalue weighted by atomic mass is 35.5. The van der Waals surface area contributed by atoms with Gasteiger partial charge in [0.1, 0.15) is 18.0 Å². The van der Waals surface area contributed by atoms with Crippen LogP contribution in [0.4, 0.5) is 9.18 Å². The molecule has 1 amide bonds. The lowest BCUT2D eigenvalue weighted by molar-refractivity contribution is 0.0494. The molecule has 0 fully saturated rings. The number of amides is 1. The van der Waals surface area contributed by atoms with Crippen LogP contribution in [0.3, 0.4) is 0 Å². The first-order valence-corrected chi connectivity index (χ1v) is 6.48. The SMILES string of the molecule is C[C@@H](COc1cnc(Cl)c(F)c1)NC(=O)OC(C)(C)C. The van der Waals surface area contributed by atoms with Gasteiger partial charge in [0, 0.05) is 6.07 Å². The van der Waals surface area contributed by atoms with E-state index in [-0.39, 0.29) is 23.6 Å². The van der Waals surface area contributed by atoms with E-state index in [9.17, 15) is 9.18 Å². The molecular weight excluding hydrogens is 287 g/mol. The maximum absolute atomic E-state index is 13.1. The van der Waals surface area contributed by atoms with Crippen LogP contribution < -0.4 is 10.1 Å². The molecule has 0 aliphatic heterocycles.